The van der Waals surface area contributed by atoms with Gasteiger partial charge in [-0.3, -0.25) is 4.99 Å². The molecule has 0 aliphatic carbocycles. The molecule has 0 fully saturated rings. The van der Waals surface area contributed by atoms with Gasteiger partial charge in [0.2, 0.25) is 5.89 Å². The molecule has 1 aliphatic rings. The Balaban J connectivity index is 1.73. The first kappa shape index (κ1) is 11.4. The minimum atomic E-state index is 0.322. The van der Waals surface area contributed by atoms with Gasteiger partial charge in [0.25, 0.3) is 0 Å². The van der Waals surface area contributed by atoms with Crippen molar-refractivity contribution in [2.24, 2.45) is 10.4 Å². The number of aliphatic imine (C=N–C) groups is 1. The van der Waals surface area contributed by atoms with E-state index in [0.717, 1.165) is 30.4 Å². The number of aromatic nitrogens is 2. The molecular weight excluding hydrogens is 224 g/mol. The second-order valence-electron chi connectivity index (χ2n) is 4.59. The molecule has 2 heterocycles. The Hall–Kier alpha value is -1.04. The van der Waals surface area contributed by atoms with Crippen LogP contribution in [0, 0.1) is 5.41 Å². The van der Waals surface area contributed by atoms with Gasteiger partial charge < -0.3 is 9.84 Å². The fourth-order valence-corrected chi connectivity index (χ4v) is 2.31. The van der Waals surface area contributed by atoms with Gasteiger partial charge in [-0.15, -0.1) is 0 Å². The van der Waals surface area contributed by atoms with Gasteiger partial charge in [0.15, 0.2) is 11.5 Å². The number of amidine groups is 1. The van der Waals surface area contributed by atoms with E-state index in [2.05, 4.69) is 34.3 Å². The van der Waals surface area contributed by atoms with Gasteiger partial charge in [0.1, 0.15) is 0 Å². The zero-order valence-corrected chi connectivity index (χ0v) is 10.4. The second kappa shape index (κ2) is 4.86. The number of nitrogens with zero attached hydrogens (tertiary/aromatic N) is 3. The maximum absolute atomic E-state index is 4.91. The zero-order chi connectivity index (χ0) is 11.4. The third-order valence-electron chi connectivity index (χ3n) is 2.27. The van der Waals surface area contributed by atoms with E-state index in [1.165, 1.54) is 6.33 Å². The highest BCUT2D eigenvalue weighted by Gasteiger charge is 2.23. The molecule has 1 aromatic heterocycles. The Labute approximate surface area is 99.1 Å². The highest BCUT2D eigenvalue weighted by Crippen LogP contribution is 2.26. The first-order valence-electron chi connectivity index (χ1n) is 5.32. The predicted molar refractivity (Wildman–Crippen MR) is 64.5 cm³/mol. The van der Waals surface area contributed by atoms with Crippen molar-refractivity contribution in [1.29, 1.82) is 0 Å². The number of thioether (sulfide) groups is 1. The maximum Gasteiger partial charge on any atom is 0.228 e. The molecule has 16 heavy (non-hydrogen) atoms. The van der Waals surface area contributed by atoms with Crippen molar-refractivity contribution in [1.82, 2.24) is 15.5 Å². The topological polar surface area (TPSA) is 63.3 Å². The van der Waals surface area contributed by atoms with Crippen molar-refractivity contribution in [2.75, 3.05) is 18.8 Å². The lowest BCUT2D eigenvalue weighted by Crippen LogP contribution is -2.32. The Morgan fingerprint density at radius 2 is 2.44 bits per heavy atom. The summed E-state index contributed by atoms with van der Waals surface area (Å²) in [5.41, 5.74) is 0.322. The van der Waals surface area contributed by atoms with Crippen molar-refractivity contribution in [3.8, 4) is 0 Å². The largest absolute Gasteiger partial charge is 0.364 e. The van der Waals surface area contributed by atoms with Crippen LogP contribution in [0.25, 0.3) is 0 Å². The molecule has 1 N–H and O–H groups in total. The standard InChI is InChI=1S/C10H16N4OS/c1-10(2)5-12-9(16-6-10)11-4-3-8-13-7-14-15-8/h7H,3-6H2,1-2H3,(H,11,12). The van der Waals surface area contributed by atoms with E-state index < -0.39 is 0 Å². The summed E-state index contributed by atoms with van der Waals surface area (Å²) in [4.78, 5) is 8.46. The molecule has 6 heteroatoms. The monoisotopic (exact) mass is 240 g/mol. The highest BCUT2D eigenvalue weighted by atomic mass is 32.2. The van der Waals surface area contributed by atoms with Crippen LogP contribution in [0.1, 0.15) is 19.7 Å². The van der Waals surface area contributed by atoms with Gasteiger partial charge in [0, 0.05) is 25.3 Å². The van der Waals surface area contributed by atoms with Gasteiger partial charge in [-0.2, -0.15) is 4.98 Å². The van der Waals surface area contributed by atoms with Gasteiger partial charge in [-0.05, 0) is 5.41 Å². The summed E-state index contributed by atoms with van der Waals surface area (Å²) in [7, 11) is 0. The highest BCUT2D eigenvalue weighted by molar-refractivity contribution is 8.13. The van der Waals surface area contributed by atoms with Crippen molar-refractivity contribution in [3.05, 3.63) is 12.2 Å². The van der Waals surface area contributed by atoms with Crippen LogP contribution < -0.4 is 5.32 Å². The van der Waals surface area contributed by atoms with Crippen molar-refractivity contribution in [3.63, 3.8) is 0 Å². The van der Waals surface area contributed by atoms with Crippen molar-refractivity contribution < 1.29 is 4.52 Å². The van der Waals surface area contributed by atoms with Crippen LogP contribution in [0.3, 0.4) is 0 Å². The number of rotatable bonds is 3. The van der Waals surface area contributed by atoms with Crippen LogP contribution in [0.2, 0.25) is 0 Å². The average molecular weight is 240 g/mol. The minimum absolute atomic E-state index is 0.322. The van der Waals surface area contributed by atoms with Gasteiger partial charge in [0.05, 0.1) is 0 Å². The molecule has 1 aromatic rings. The first-order valence-corrected chi connectivity index (χ1v) is 6.31. The molecule has 0 radical (unpaired) electrons. The lowest BCUT2D eigenvalue weighted by atomic mass is 9.97. The molecule has 0 spiro atoms. The normalized spacial score (nSPS) is 19.2. The van der Waals surface area contributed by atoms with E-state index in [9.17, 15) is 0 Å². The number of hydrogen-bond acceptors (Lipinski definition) is 6. The van der Waals surface area contributed by atoms with Crippen LogP contribution in [-0.2, 0) is 6.42 Å². The van der Waals surface area contributed by atoms with Crippen LogP contribution >= 0.6 is 11.8 Å². The molecule has 5 nitrogen and oxygen atoms in total. The van der Waals surface area contributed by atoms with Crippen LogP contribution in [-0.4, -0.2) is 34.2 Å². The zero-order valence-electron chi connectivity index (χ0n) is 9.56. The predicted octanol–water partition coefficient (Wildman–Crippen LogP) is 1.33. The molecule has 0 aromatic carbocycles. The lowest BCUT2D eigenvalue weighted by molar-refractivity contribution is 0.377. The minimum Gasteiger partial charge on any atom is -0.364 e. The maximum atomic E-state index is 4.91. The summed E-state index contributed by atoms with van der Waals surface area (Å²) in [5.74, 6) is 1.77. The van der Waals surface area contributed by atoms with E-state index in [1.54, 1.807) is 11.8 Å². The molecule has 0 atom stereocenters. The molecule has 0 saturated heterocycles. The number of hydrogen-bond donors (Lipinski definition) is 1. The Morgan fingerprint density at radius 3 is 3.06 bits per heavy atom. The van der Waals surface area contributed by atoms with Gasteiger partial charge >= 0.3 is 0 Å². The molecule has 88 valence electrons. The molecule has 1 aliphatic heterocycles. The Kier molecular flexibility index (Phi) is 3.48. The summed E-state index contributed by atoms with van der Waals surface area (Å²) in [6, 6.07) is 0. The summed E-state index contributed by atoms with van der Waals surface area (Å²) >= 11 is 1.78. The van der Waals surface area contributed by atoms with E-state index in [4.69, 9.17) is 4.52 Å². The summed E-state index contributed by atoms with van der Waals surface area (Å²) in [5, 5.41) is 7.87. The van der Waals surface area contributed by atoms with E-state index >= 15 is 0 Å². The smallest absolute Gasteiger partial charge is 0.228 e. The first-order chi connectivity index (χ1) is 7.66. The summed E-state index contributed by atoms with van der Waals surface area (Å²) < 4.78 is 4.91. The van der Waals surface area contributed by atoms with Gasteiger partial charge in [-0.1, -0.05) is 30.8 Å². The van der Waals surface area contributed by atoms with E-state index in [1.807, 2.05) is 0 Å². The summed E-state index contributed by atoms with van der Waals surface area (Å²) in [6.07, 6.45) is 2.16. The van der Waals surface area contributed by atoms with E-state index in [0.29, 0.717) is 11.3 Å². The Bertz CT molecular complexity index is 361. The average Bonchev–Trinajstić information content (AvgIpc) is 2.73. The van der Waals surface area contributed by atoms with Crippen molar-refractivity contribution >= 4 is 16.9 Å². The molecule has 2 rings (SSSR count). The van der Waals surface area contributed by atoms with Crippen LogP contribution in [0.5, 0.6) is 0 Å². The van der Waals surface area contributed by atoms with Crippen molar-refractivity contribution in [2.45, 2.75) is 20.3 Å². The second-order valence-corrected chi connectivity index (χ2v) is 5.55. The fourth-order valence-electron chi connectivity index (χ4n) is 1.33. The molecular formula is C10H16N4OS. The van der Waals surface area contributed by atoms with Gasteiger partial charge in [-0.25, -0.2) is 0 Å². The fraction of sp³-hybridized carbons (Fsp3) is 0.700. The third kappa shape index (κ3) is 3.23. The Morgan fingerprint density at radius 1 is 1.56 bits per heavy atom. The van der Waals surface area contributed by atoms with E-state index in [-0.39, 0.29) is 0 Å². The third-order valence-corrected chi connectivity index (χ3v) is 3.75. The lowest BCUT2D eigenvalue weighted by Gasteiger charge is -2.27. The number of nitrogens with one attached hydrogen (secondary N) is 1. The molecule has 0 amide bonds. The van der Waals surface area contributed by atoms with Crippen LogP contribution in [0.15, 0.2) is 15.8 Å². The summed E-state index contributed by atoms with van der Waals surface area (Å²) in [6.45, 7) is 6.15. The van der Waals surface area contributed by atoms with Crippen LogP contribution in [0.4, 0.5) is 0 Å². The SMILES string of the molecule is CC1(C)CN=C(NCCc2ncno2)SC1. The quantitative estimate of drug-likeness (QED) is 0.863. The molecule has 0 saturated carbocycles. The molecule has 0 bridgehead atoms. The molecule has 0 unspecified atom stereocenters.